The lowest BCUT2D eigenvalue weighted by molar-refractivity contribution is -0.119. The van der Waals surface area contributed by atoms with Gasteiger partial charge in [-0.1, -0.05) is 24.3 Å². The van der Waals surface area contributed by atoms with E-state index in [1.165, 1.54) is 6.21 Å². The molecule has 0 saturated carbocycles. The molecule has 2 aromatic carbocycles. The molecule has 31 heavy (non-hydrogen) atoms. The highest BCUT2D eigenvalue weighted by Gasteiger charge is 2.23. The minimum absolute atomic E-state index is 0.304. The normalized spacial score (nSPS) is 11.4. The number of nitrogens with zero attached hydrogens (tertiary/aromatic N) is 3. The molecule has 168 valence electrons. The van der Waals surface area contributed by atoms with Gasteiger partial charge in [0.25, 0.3) is 5.91 Å². The van der Waals surface area contributed by atoms with Crippen LogP contribution in [0.2, 0.25) is 0 Å². The maximum Gasteiger partial charge on any atom is 0.260 e. The second-order valence-electron chi connectivity index (χ2n) is 6.73. The molecule has 9 heteroatoms. The number of para-hydroxylation sites is 2. The molecule has 2 aromatic rings. The van der Waals surface area contributed by atoms with Crippen LogP contribution in [0, 0.1) is 0 Å². The van der Waals surface area contributed by atoms with Crippen molar-refractivity contribution in [2.75, 3.05) is 41.7 Å². The molecular formula is C22H30N4O4S. The highest BCUT2D eigenvalue weighted by Crippen LogP contribution is 2.29. The second kappa shape index (κ2) is 11.4. The van der Waals surface area contributed by atoms with Crippen LogP contribution in [0.5, 0.6) is 5.75 Å². The summed E-state index contributed by atoms with van der Waals surface area (Å²) >= 11 is 0. The number of carbonyl (C=O) groups is 1. The van der Waals surface area contributed by atoms with E-state index in [2.05, 4.69) is 29.3 Å². The molecule has 1 amide bonds. The van der Waals surface area contributed by atoms with E-state index in [9.17, 15) is 13.2 Å². The summed E-state index contributed by atoms with van der Waals surface area (Å²) in [6, 6.07) is 14.5. The van der Waals surface area contributed by atoms with E-state index in [0.717, 1.165) is 34.9 Å². The van der Waals surface area contributed by atoms with Gasteiger partial charge in [-0.3, -0.25) is 9.10 Å². The lowest BCUT2D eigenvalue weighted by Gasteiger charge is -2.23. The van der Waals surface area contributed by atoms with Gasteiger partial charge in [0, 0.05) is 18.8 Å². The van der Waals surface area contributed by atoms with Crippen molar-refractivity contribution in [2.45, 2.75) is 20.8 Å². The predicted molar refractivity (Wildman–Crippen MR) is 126 cm³/mol. The number of rotatable bonds is 11. The number of nitrogens with one attached hydrogen (secondary N) is 1. The molecular weight excluding hydrogens is 416 g/mol. The third kappa shape index (κ3) is 6.99. The summed E-state index contributed by atoms with van der Waals surface area (Å²) in [5, 5.41) is 3.95. The topological polar surface area (TPSA) is 91.3 Å². The average Bonchev–Trinajstić information content (AvgIpc) is 2.74. The van der Waals surface area contributed by atoms with E-state index < -0.39 is 22.5 Å². The van der Waals surface area contributed by atoms with Gasteiger partial charge in [-0.25, -0.2) is 13.8 Å². The molecule has 0 aliphatic rings. The van der Waals surface area contributed by atoms with Crippen molar-refractivity contribution in [1.29, 1.82) is 0 Å². The van der Waals surface area contributed by atoms with Crippen LogP contribution in [0.3, 0.4) is 0 Å². The van der Waals surface area contributed by atoms with Gasteiger partial charge < -0.3 is 9.64 Å². The highest BCUT2D eigenvalue weighted by molar-refractivity contribution is 7.92. The number of ether oxygens (including phenoxy) is 1. The Hall–Kier alpha value is -3.07. The number of amides is 1. The van der Waals surface area contributed by atoms with Gasteiger partial charge >= 0.3 is 0 Å². The first-order chi connectivity index (χ1) is 14.8. The van der Waals surface area contributed by atoms with Crippen molar-refractivity contribution in [3.8, 4) is 5.75 Å². The minimum Gasteiger partial charge on any atom is -0.492 e. The maximum atomic E-state index is 12.4. The lowest BCUT2D eigenvalue weighted by Crippen LogP contribution is -2.39. The van der Waals surface area contributed by atoms with Crippen molar-refractivity contribution < 1.29 is 17.9 Å². The molecule has 0 fully saturated rings. The summed E-state index contributed by atoms with van der Waals surface area (Å²) in [7, 11) is -3.71. The first kappa shape index (κ1) is 24.2. The van der Waals surface area contributed by atoms with E-state index in [1.807, 2.05) is 24.3 Å². The standard InChI is InChI=1S/C22H30N4O4S/c1-5-25(6-2)19-14-12-18(13-15-19)16-23-24-22(27)17-26(31(4,28)29)20-10-8-9-11-21(20)30-7-3/h8-16H,5-7,17H2,1-4H3,(H,24,27)/b23-16-. The van der Waals surface area contributed by atoms with Gasteiger partial charge in [0.15, 0.2) is 0 Å². The molecule has 0 aromatic heterocycles. The third-order valence-electron chi connectivity index (χ3n) is 4.55. The van der Waals surface area contributed by atoms with Crippen LogP contribution in [-0.4, -0.2) is 53.0 Å². The van der Waals surface area contributed by atoms with Gasteiger partial charge in [-0.2, -0.15) is 5.10 Å². The Morgan fingerprint density at radius 2 is 1.71 bits per heavy atom. The van der Waals surface area contributed by atoms with E-state index in [4.69, 9.17) is 4.74 Å². The highest BCUT2D eigenvalue weighted by atomic mass is 32.2. The average molecular weight is 447 g/mol. The lowest BCUT2D eigenvalue weighted by atomic mass is 10.2. The van der Waals surface area contributed by atoms with Gasteiger partial charge in [0.1, 0.15) is 12.3 Å². The van der Waals surface area contributed by atoms with E-state index in [1.54, 1.807) is 31.2 Å². The Balaban J connectivity index is 2.07. The number of benzene rings is 2. The number of carbonyl (C=O) groups excluding carboxylic acids is 1. The monoisotopic (exact) mass is 446 g/mol. The van der Waals surface area contributed by atoms with Crippen LogP contribution in [-0.2, 0) is 14.8 Å². The Bertz CT molecular complexity index is 987. The third-order valence-corrected chi connectivity index (χ3v) is 5.67. The van der Waals surface area contributed by atoms with Gasteiger partial charge in [0.2, 0.25) is 10.0 Å². The molecule has 1 N–H and O–H groups in total. The van der Waals surface area contributed by atoms with E-state index in [0.29, 0.717) is 18.0 Å². The summed E-state index contributed by atoms with van der Waals surface area (Å²) < 4.78 is 31.1. The Kier molecular flexibility index (Phi) is 8.87. The quantitative estimate of drug-likeness (QED) is 0.423. The van der Waals surface area contributed by atoms with Crippen molar-refractivity contribution in [3.63, 3.8) is 0 Å². The first-order valence-corrected chi connectivity index (χ1v) is 12.0. The molecule has 8 nitrogen and oxygen atoms in total. The van der Waals surface area contributed by atoms with Crippen LogP contribution >= 0.6 is 0 Å². The zero-order chi connectivity index (χ0) is 22.9. The molecule has 0 aliphatic carbocycles. The summed E-state index contributed by atoms with van der Waals surface area (Å²) in [6.45, 7) is 7.80. The number of hydrogen-bond donors (Lipinski definition) is 1. The van der Waals surface area contributed by atoms with Crippen molar-refractivity contribution in [2.24, 2.45) is 5.10 Å². The van der Waals surface area contributed by atoms with Crippen molar-refractivity contribution in [1.82, 2.24) is 5.43 Å². The molecule has 0 saturated heterocycles. The fourth-order valence-electron chi connectivity index (χ4n) is 3.03. The summed E-state index contributed by atoms with van der Waals surface area (Å²) in [6.07, 6.45) is 2.56. The molecule has 0 spiro atoms. The predicted octanol–water partition coefficient (Wildman–Crippen LogP) is 2.85. The molecule has 0 unspecified atom stereocenters. The zero-order valence-corrected chi connectivity index (χ0v) is 19.2. The van der Waals surface area contributed by atoms with Crippen LogP contribution in [0.25, 0.3) is 0 Å². The fourth-order valence-corrected chi connectivity index (χ4v) is 3.89. The van der Waals surface area contributed by atoms with Crippen LogP contribution in [0.1, 0.15) is 26.3 Å². The Morgan fingerprint density at radius 1 is 1.06 bits per heavy atom. The molecule has 0 radical (unpaired) electrons. The van der Waals surface area contributed by atoms with E-state index in [-0.39, 0.29) is 0 Å². The van der Waals surface area contributed by atoms with E-state index >= 15 is 0 Å². The number of anilines is 2. The zero-order valence-electron chi connectivity index (χ0n) is 18.4. The second-order valence-corrected chi connectivity index (χ2v) is 8.63. The van der Waals surface area contributed by atoms with Gasteiger partial charge in [-0.15, -0.1) is 0 Å². The summed E-state index contributed by atoms with van der Waals surface area (Å²) in [5.41, 5.74) is 4.62. The smallest absolute Gasteiger partial charge is 0.260 e. The number of hydrogen-bond acceptors (Lipinski definition) is 6. The Morgan fingerprint density at radius 3 is 2.29 bits per heavy atom. The Labute approximate surface area is 184 Å². The number of hydrazone groups is 1. The SMILES string of the molecule is CCOc1ccccc1N(CC(=O)N/N=C\c1ccc(N(CC)CC)cc1)S(C)(=O)=O. The molecule has 0 atom stereocenters. The molecule has 0 heterocycles. The van der Waals surface area contributed by atoms with Crippen LogP contribution in [0.4, 0.5) is 11.4 Å². The summed E-state index contributed by atoms with van der Waals surface area (Å²) in [4.78, 5) is 14.6. The van der Waals surface area contributed by atoms with Gasteiger partial charge in [-0.05, 0) is 50.6 Å². The van der Waals surface area contributed by atoms with Crippen LogP contribution in [0.15, 0.2) is 53.6 Å². The number of sulfonamides is 1. The summed E-state index contributed by atoms with van der Waals surface area (Å²) in [5.74, 6) is -0.173. The fraction of sp³-hybridized carbons (Fsp3) is 0.364. The largest absolute Gasteiger partial charge is 0.492 e. The maximum absolute atomic E-state index is 12.4. The van der Waals surface area contributed by atoms with Gasteiger partial charge in [0.05, 0.1) is 24.8 Å². The molecule has 0 aliphatic heterocycles. The minimum atomic E-state index is -3.71. The molecule has 0 bridgehead atoms. The van der Waals surface area contributed by atoms with Crippen molar-refractivity contribution >= 4 is 33.5 Å². The van der Waals surface area contributed by atoms with Crippen molar-refractivity contribution in [3.05, 3.63) is 54.1 Å². The first-order valence-electron chi connectivity index (χ1n) is 10.2. The van der Waals surface area contributed by atoms with Crippen LogP contribution < -0.4 is 19.4 Å². The molecule has 2 rings (SSSR count).